The van der Waals surface area contributed by atoms with E-state index in [0.717, 1.165) is 18.7 Å². The van der Waals surface area contributed by atoms with Crippen LogP contribution < -0.4 is 0 Å². The zero-order valence-corrected chi connectivity index (χ0v) is 15.5. The van der Waals surface area contributed by atoms with Crippen molar-refractivity contribution in [3.8, 4) is 0 Å². The Labute approximate surface area is 151 Å². The Hall–Kier alpha value is -1.75. The van der Waals surface area contributed by atoms with Crippen molar-refractivity contribution in [3.63, 3.8) is 0 Å². The van der Waals surface area contributed by atoms with Crippen LogP contribution in [-0.4, -0.2) is 53.6 Å². The Balaban J connectivity index is 1.67. The first kappa shape index (κ1) is 18.1. The molecule has 2 heterocycles. The Morgan fingerprint density at radius 3 is 2.68 bits per heavy atom. The molecule has 1 aromatic heterocycles. The first-order valence-corrected chi connectivity index (χ1v) is 9.04. The molecular weight excluding hydrogens is 310 g/mol. The van der Waals surface area contributed by atoms with Gasteiger partial charge in [-0.05, 0) is 57.1 Å². The standard InChI is InChI=1S/C21H29N3O/c1-21(25,19-9-5-4-6-10-19)16-23(2)15-18-11-13-24(3)20(18)17-8-7-12-22-14-17/h4-10,12,14,18,20,25H,11,13,15-16H2,1-3H3/t18-,20-,21+/m0/s1. The summed E-state index contributed by atoms with van der Waals surface area (Å²) in [4.78, 5) is 8.98. The average molecular weight is 339 g/mol. The molecule has 0 amide bonds. The third-order valence-corrected chi connectivity index (χ3v) is 5.32. The van der Waals surface area contributed by atoms with Crippen LogP contribution in [0.1, 0.15) is 30.5 Å². The summed E-state index contributed by atoms with van der Waals surface area (Å²) < 4.78 is 0. The first-order valence-electron chi connectivity index (χ1n) is 9.04. The number of pyridine rings is 1. The van der Waals surface area contributed by atoms with Crippen molar-refractivity contribution in [1.29, 1.82) is 0 Å². The van der Waals surface area contributed by atoms with E-state index in [1.54, 1.807) is 0 Å². The third-order valence-electron chi connectivity index (χ3n) is 5.32. The molecule has 0 unspecified atom stereocenters. The fourth-order valence-corrected chi connectivity index (χ4v) is 4.17. The van der Waals surface area contributed by atoms with Crippen molar-refractivity contribution in [1.82, 2.24) is 14.8 Å². The average Bonchev–Trinajstić information content (AvgIpc) is 2.96. The number of likely N-dealkylation sites (N-methyl/N-ethyl adjacent to an activating group) is 1. The van der Waals surface area contributed by atoms with E-state index in [0.29, 0.717) is 18.5 Å². The van der Waals surface area contributed by atoms with Crippen molar-refractivity contribution in [2.75, 3.05) is 33.7 Å². The van der Waals surface area contributed by atoms with Gasteiger partial charge in [0.15, 0.2) is 0 Å². The van der Waals surface area contributed by atoms with E-state index in [1.165, 1.54) is 12.0 Å². The van der Waals surface area contributed by atoms with Gasteiger partial charge in [0.05, 0.1) is 5.60 Å². The predicted molar refractivity (Wildman–Crippen MR) is 101 cm³/mol. The zero-order chi connectivity index (χ0) is 17.9. The van der Waals surface area contributed by atoms with Gasteiger partial charge in [-0.1, -0.05) is 36.4 Å². The lowest BCUT2D eigenvalue weighted by Gasteiger charge is -2.33. The minimum atomic E-state index is -0.843. The van der Waals surface area contributed by atoms with Crippen LogP contribution in [0.2, 0.25) is 0 Å². The second-order valence-electron chi connectivity index (χ2n) is 7.60. The largest absolute Gasteiger partial charge is 0.384 e. The number of aliphatic hydroxyl groups is 1. The minimum absolute atomic E-state index is 0.401. The van der Waals surface area contributed by atoms with Crippen molar-refractivity contribution < 1.29 is 5.11 Å². The molecule has 134 valence electrons. The molecule has 4 nitrogen and oxygen atoms in total. The van der Waals surface area contributed by atoms with E-state index in [2.05, 4.69) is 34.9 Å². The Bertz CT molecular complexity index is 659. The Morgan fingerprint density at radius 1 is 1.24 bits per heavy atom. The van der Waals surface area contributed by atoms with Crippen LogP contribution in [0.5, 0.6) is 0 Å². The van der Waals surface area contributed by atoms with E-state index in [-0.39, 0.29) is 0 Å². The lowest BCUT2D eigenvalue weighted by Crippen LogP contribution is -2.39. The second-order valence-corrected chi connectivity index (χ2v) is 7.60. The molecule has 1 fully saturated rings. The Morgan fingerprint density at radius 2 is 2.00 bits per heavy atom. The second kappa shape index (κ2) is 7.65. The van der Waals surface area contributed by atoms with Crippen LogP contribution in [0.4, 0.5) is 0 Å². The van der Waals surface area contributed by atoms with Crippen LogP contribution in [-0.2, 0) is 5.60 Å². The number of rotatable bonds is 6. The fraction of sp³-hybridized carbons (Fsp3) is 0.476. The maximum Gasteiger partial charge on any atom is 0.0994 e. The van der Waals surface area contributed by atoms with Gasteiger partial charge in [0.1, 0.15) is 0 Å². The molecule has 0 spiro atoms. The summed E-state index contributed by atoms with van der Waals surface area (Å²) in [5.41, 5.74) is 1.41. The molecule has 1 saturated heterocycles. The van der Waals surface area contributed by atoms with E-state index >= 15 is 0 Å². The number of hydrogen-bond donors (Lipinski definition) is 1. The molecule has 3 atom stereocenters. The smallest absolute Gasteiger partial charge is 0.0994 e. The van der Waals surface area contributed by atoms with Crippen molar-refractivity contribution >= 4 is 0 Å². The highest BCUT2D eigenvalue weighted by atomic mass is 16.3. The zero-order valence-electron chi connectivity index (χ0n) is 15.5. The van der Waals surface area contributed by atoms with Crippen LogP contribution in [0, 0.1) is 5.92 Å². The van der Waals surface area contributed by atoms with Gasteiger partial charge in [-0.25, -0.2) is 0 Å². The predicted octanol–water partition coefficient (Wildman–Crippen LogP) is 2.91. The number of benzene rings is 1. The van der Waals surface area contributed by atoms with Crippen molar-refractivity contribution in [2.24, 2.45) is 5.92 Å². The van der Waals surface area contributed by atoms with E-state index in [9.17, 15) is 5.11 Å². The summed E-state index contributed by atoms with van der Waals surface area (Å²) in [7, 11) is 4.30. The topological polar surface area (TPSA) is 39.6 Å². The fourth-order valence-electron chi connectivity index (χ4n) is 4.17. The first-order chi connectivity index (χ1) is 12.0. The lowest BCUT2D eigenvalue weighted by molar-refractivity contribution is 0.0182. The summed E-state index contributed by atoms with van der Waals surface area (Å²) in [6.07, 6.45) is 4.99. The molecule has 0 saturated carbocycles. The van der Waals surface area contributed by atoms with Crippen LogP contribution >= 0.6 is 0 Å². The van der Waals surface area contributed by atoms with Gasteiger partial charge >= 0.3 is 0 Å². The highest BCUT2D eigenvalue weighted by molar-refractivity contribution is 5.22. The number of nitrogens with zero attached hydrogens (tertiary/aromatic N) is 3. The summed E-state index contributed by atoms with van der Waals surface area (Å²) in [5.74, 6) is 0.547. The molecular formula is C21H29N3O. The van der Waals surface area contributed by atoms with E-state index in [1.807, 2.05) is 55.7 Å². The molecule has 3 rings (SSSR count). The normalized spacial score (nSPS) is 23.7. The quantitative estimate of drug-likeness (QED) is 0.878. The minimum Gasteiger partial charge on any atom is -0.384 e. The van der Waals surface area contributed by atoms with Crippen LogP contribution in [0.3, 0.4) is 0 Å². The third kappa shape index (κ3) is 4.27. The summed E-state index contributed by atoms with van der Waals surface area (Å²) in [6.45, 7) is 4.59. The molecule has 0 aliphatic carbocycles. The molecule has 1 N–H and O–H groups in total. The highest BCUT2D eigenvalue weighted by Crippen LogP contribution is 2.36. The van der Waals surface area contributed by atoms with Gasteiger partial charge in [0.2, 0.25) is 0 Å². The molecule has 1 aromatic carbocycles. The molecule has 25 heavy (non-hydrogen) atoms. The van der Waals surface area contributed by atoms with Gasteiger partial charge in [-0.3, -0.25) is 9.88 Å². The maximum absolute atomic E-state index is 10.9. The molecule has 0 bridgehead atoms. The molecule has 2 aromatic rings. The number of aromatic nitrogens is 1. The molecule has 1 aliphatic rings. The van der Waals surface area contributed by atoms with Gasteiger partial charge < -0.3 is 10.0 Å². The maximum atomic E-state index is 10.9. The monoisotopic (exact) mass is 339 g/mol. The molecule has 4 heteroatoms. The van der Waals surface area contributed by atoms with Gasteiger partial charge in [0.25, 0.3) is 0 Å². The SMILES string of the molecule is CN(C[C@@H]1CCN(C)[C@H]1c1cccnc1)C[C@@](C)(O)c1ccccc1. The number of hydrogen-bond acceptors (Lipinski definition) is 4. The van der Waals surface area contributed by atoms with Crippen LogP contribution in [0.25, 0.3) is 0 Å². The van der Waals surface area contributed by atoms with Crippen LogP contribution in [0.15, 0.2) is 54.9 Å². The highest BCUT2D eigenvalue weighted by Gasteiger charge is 2.35. The lowest BCUT2D eigenvalue weighted by atomic mass is 9.92. The molecule has 0 radical (unpaired) electrons. The van der Waals surface area contributed by atoms with E-state index in [4.69, 9.17) is 0 Å². The summed E-state index contributed by atoms with van der Waals surface area (Å²) in [6, 6.07) is 14.5. The van der Waals surface area contributed by atoms with Gasteiger partial charge in [-0.2, -0.15) is 0 Å². The van der Waals surface area contributed by atoms with Crippen molar-refractivity contribution in [2.45, 2.75) is 25.0 Å². The van der Waals surface area contributed by atoms with Gasteiger partial charge in [-0.15, -0.1) is 0 Å². The van der Waals surface area contributed by atoms with E-state index < -0.39 is 5.60 Å². The number of likely N-dealkylation sites (tertiary alicyclic amines) is 1. The van der Waals surface area contributed by atoms with Crippen molar-refractivity contribution in [3.05, 3.63) is 66.0 Å². The molecule has 1 aliphatic heterocycles. The Kier molecular flexibility index (Phi) is 5.52. The summed E-state index contributed by atoms with van der Waals surface area (Å²) in [5, 5.41) is 10.9. The van der Waals surface area contributed by atoms with Gasteiger partial charge in [0, 0.05) is 31.5 Å². The summed E-state index contributed by atoms with van der Waals surface area (Å²) >= 11 is 0.